The van der Waals surface area contributed by atoms with Crippen LogP contribution >= 0.6 is 0 Å². The molecule has 5 nitrogen and oxygen atoms in total. The summed E-state index contributed by atoms with van der Waals surface area (Å²) in [6.07, 6.45) is 5.54. The molecule has 3 N–H and O–H groups in total. The van der Waals surface area contributed by atoms with Gasteiger partial charge in [-0.15, -0.1) is 0 Å². The van der Waals surface area contributed by atoms with Gasteiger partial charge < -0.3 is 15.7 Å². The molecule has 0 radical (unpaired) electrons. The maximum Gasteiger partial charge on any atom is 0.251 e. The van der Waals surface area contributed by atoms with Gasteiger partial charge in [-0.25, -0.2) is 4.39 Å². The van der Waals surface area contributed by atoms with Gasteiger partial charge in [-0.2, -0.15) is 0 Å². The fourth-order valence-corrected chi connectivity index (χ4v) is 2.75. The van der Waals surface area contributed by atoms with Gasteiger partial charge in [0.15, 0.2) is 0 Å². The van der Waals surface area contributed by atoms with Gasteiger partial charge in [-0.05, 0) is 37.1 Å². The third-order valence-electron chi connectivity index (χ3n) is 4.16. The molecule has 0 unspecified atom stereocenters. The summed E-state index contributed by atoms with van der Waals surface area (Å²) < 4.78 is 12.8. The number of aliphatic hydroxyl groups is 1. The van der Waals surface area contributed by atoms with Gasteiger partial charge >= 0.3 is 0 Å². The van der Waals surface area contributed by atoms with Crippen LogP contribution in [0.5, 0.6) is 0 Å². The summed E-state index contributed by atoms with van der Waals surface area (Å²) in [5.74, 6) is -1.21. The van der Waals surface area contributed by atoms with Gasteiger partial charge in [0.25, 0.3) is 5.91 Å². The molecule has 6 heteroatoms. The Morgan fingerprint density at radius 2 is 1.65 bits per heavy atom. The maximum atomic E-state index is 12.8. The van der Waals surface area contributed by atoms with Crippen LogP contribution in [0.4, 0.5) is 4.39 Å². The number of nitrogens with one attached hydrogen (secondary N) is 2. The van der Waals surface area contributed by atoms with Crippen LogP contribution in [0.15, 0.2) is 24.3 Å². The van der Waals surface area contributed by atoms with Crippen LogP contribution in [-0.4, -0.2) is 35.6 Å². The van der Waals surface area contributed by atoms with E-state index >= 15 is 0 Å². The van der Waals surface area contributed by atoms with Crippen LogP contribution in [0, 0.1) is 5.82 Å². The van der Waals surface area contributed by atoms with E-state index in [1.54, 1.807) is 0 Å². The van der Waals surface area contributed by atoms with E-state index in [2.05, 4.69) is 10.6 Å². The van der Waals surface area contributed by atoms with Crippen LogP contribution in [0.1, 0.15) is 48.9 Å². The highest BCUT2D eigenvalue weighted by Crippen LogP contribution is 2.26. The van der Waals surface area contributed by atoms with Crippen molar-refractivity contribution in [3.63, 3.8) is 0 Å². The predicted octanol–water partition coefficient (Wildman–Crippen LogP) is 1.76. The molecule has 1 fully saturated rings. The van der Waals surface area contributed by atoms with E-state index in [0.29, 0.717) is 18.4 Å². The number of hydrogen-bond acceptors (Lipinski definition) is 3. The predicted molar refractivity (Wildman–Crippen MR) is 84.4 cm³/mol. The molecular weight excluding hydrogens is 299 g/mol. The Balaban J connectivity index is 1.74. The zero-order valence-electron chi connectivity index (χ0n) is 13.1. The third-order valence-corrected chi connectivity index (χ3v) is 4.16. The Kier molecular flexibility index (Phi) is 6.10. The highest BCUT2D eigenvalue weighted by Gasteiger charge is 2.28. The van der Waals surface area contributed by atoms with Crippen LogP contribution in [0.3, 0.4) is 0 Å². The second kappa shape index (κ2) is 8.06. The zero-order chi connectivity index (χ0) is 16.7. The van der Waals surface area contributed by atoms with Crippen molar-refractivity contribution in [3.8, 4) is 0 Å². The van der Waals surface area contributed by atoms with Crippen LogP contribution in [0.25, 0.3) is 0 Å². The molecule has 0 bridgehead atoms. The first kappa shape index (κ1) is 17.4. The first-order valence-corrected chi connectivity index (χ1v) is 8.01. The molecule has 1 aromatic carbocycles. The Morgan fingerprint density at radius 1 is 1.04 bits per heavy atom. The van der Waals surface area contributed by atoms with Crippen LogP contribution in [-0.2, 0) is 4.79 Å². The van der Waals surface area contributed by atoms with Crippen LogP contribution < -0.4 is 10.6 Å². The Morgan fingerprint density at radius 3 is 2.26 bits per heavy atom. The lowest BCUT2D eigenvalue weighted by Gasteiger charge is -2.26. The number of rotatable bonds is 5. The highest BCUT2D eigenvalue weighted by molar-refractivity contribution is 5.96. The molecule has 0 saturated heterocycles. The minimum atomic E-state index is -0.840. The number of benzene rings is 1. The smallest absolute Gasteiger partial charge is 0.251 e. The summed E-state index contributed by atoms with van der Waals surface area (Å²) in [7, 11) is 0. The minimum absolute atomic E-state index is 0.174. The summed E-state index contributed by atoms with van der Waals surface area (Å²) in [6, 6.07) is 5.10. The van der Waals surface area contributed by atoms with E-state index in [0.717, 1.165) is 25.7 Å². The van der Waals surface area contributed by atoms with E-state index in [-0.39, 0.29) is 19.0 Å². The zero-order valence-corrected chi connectivity index (χ0v) is 13.1. The van der Waals surface area contributed by atoms with Crippen molar-refractivity contribution in [1.82, 2.24) is 10.6 Å². The van der Waals surface area contributed by atoms with Crippen molar-refractivity contribution in [1.29, 1.82) is 0 Å². The van der Waals surface area contributed by atoms with Crippen LogP contribution in [0.2, 0.25) is 0 Å². The summed E-state index contributed by atoms with van der Waals surface area (Å²) in [6.45, 7) is 0.0323. The lowest BCUT2D eigenvalue weighted by molar-refractivity contribution is -0.121. The van der Waals surface area contributed by atoms with Crippen molar-refractivity contribution >= 4 is 11.8 Å². The van der Waals surface area contributed by atoms with Gasteiger partial charge in [0.1, 0.15) is 5.82 Å². The Labute approximate surface area is 135 Å². The molecule has 2 rings (SSSR count). The molecule has 0 heterocycles. The SMILES string of the molecule is O=C(CNC(=O)c1ccc(F)cc1)NCC1(O)CCCCCC1. The molecule has 1 aliphatic carbocycles. The average molecular weight is 322 g/mol. The molecule has 0 aliphatic heterocycles. The van der Waals surface area contributed by atoms with Crippen molar-refractivity contribution in [2.75, 3.05) is 13.1 Å². The molecule has 0 aromatic heterocycles. The van der Waals surface area contributed by atoms with E-state index in [4.69, 9.17) is 0 Å². The fraction of sp³-hybridized carbons (Fsp3) is 0.529. The van der Waals surface area contributed by atoms with E-state index in [1.807, 2.05) is 0 Å². The van der Waals surface area contributed by atoms with Gasteiger partial charge in [0.2, 0.25) is 5.91 Å². The molecule has 126 valence electrons. The molecule has 1 saturated carbocycles. The van der Waals surface area contributed by atoms with E-state index in [1.165, 1.54) is 24.3 Å². The second-order valence-corrected chi connectivity index (χ2v) is 6.10. The van der Waals surface area contributed by atoms with E-state index < -0.39 is 17.3 Å². The Bertz CT molecular complexity index is 537. The van der Waals surface area contributed by atoms with Gasteiger partial charge in [0, 0.05) is 12.1 Å². The topological polar surface area (TPSA) is 78.4 Å². The van der Waals surface area contributed by atoms with Gasteiger partial charge in [0.05, 0.1) is 12.1 Å². The summed E-state index contributed by atoms with van der Waals surface area (Å²) in [5, 5.41) is 15.6. The summed E-state index contributed by atoms with van der Waals surface area (Å²) >= 11 is 0. The highest BCUT2D eigenvalue weighted by atomic mass is 19.1. The average Bonchev–Trinajstić information content (AvgIpc) is 2.76. The minimum Gasteiger partial charge on any atom is -0.388 e. The number of carbonyl (C=O) groups is 2. The van der Waals surface area contributed by atoms with Crippen molar-refractivity contribution in [3.05, 3.63) is 35.6 Å². The second-order valence-electron chi connectivity index (χ2n) is 6.10. The maximum absolute atomic E-state index is 12.8. The molecule has 1 aliphatic rings. The fourth-order valence-electron chi connectivity index (χ4n) is 2.75. The monoisotopic (exact) mass is 322 g/mol. The normalized spacial score (nSPS) is 17.1. The van der Waals surface area contributed by atoms with Gasteiger partial charge in [-0.3, -0.25) is 9.59 Å². The molecule has 0 spiro atoms. The van der Waals surface area contributed by atoms with Crippen molar-refractivity contribution < 1.29 is 19.1 Å². The number of hydrogen-bond donors (Lipinski definition) is 3. The first-order valence-electron chi connectivity index (χ1n) is 8.01. The van der Waals surface area contributed by atoms with Crippen molar-refractivity contribution in [2.45, 2.75) is 44.1 Å². The third kappa shape index (κ3) is 5.63. The quantitative estimate of drug-likeness (QED) is 0.723. The Hall–Kier alpha value is -1.95. The lowest BCUT2D eigenvalue weighted by atomic mass is 9.94. The molecule has 23 heavy (non-hydrogen) atoms. The summed E-state index contributed by atoms with van der Waals surface area (Å²) in [4.78, 5) is 23.6. The molecule has 0 atom stereocenters. The largest absolute Gasteiger partial charge is 0.388 e. The number of carbonyl (C=O) groups excluding carboxylic acids is 2. The first-order chi connectivity index (χ1) is 11.0. The number of amides is 2. The standard InChI is InChI=1S/C17H23FN2O3/c18-14-7-5-13(6-8-14)16(22)19-11-15(21)20-12-17(23)9-3-1-2-4-10-17/h5-8,23H,1-4,9-12H2,(H,19,22)(H,20,21). The summed E-state index contributed by atoms with van der Waals surface area (Å²) in [5.41, 5.74) is -0.547. The van der Waals surface area contributed by atoms with Gasteiger partial charge in [-0.1, -0.05) is 25.7 Å². The molecule has 1 aromatic rings. The molecule has 2 amide bonds. The lowest BCUT2D eigenvalue weighted by Crippen LogP contribution is -2.45. The number of halogens is 1. The van der Waals surface area contributed by atoms with E-state index in [9.17, 15) is 19.1 Å². The molecular formula is C17H23FN2O3. The van der Waals surface area contributed by atoms with Crippen molar-refractivity contribution in [2.24, 2.45) is 0 Å².